The van der Waals surface area contributed by atoms with Gasteiger partial charge in [0.2, 0.25) is 6.79 Å². The maximum Gasteiger partial charge on any atom is 0.344 e. The van der Waals surface area contributed by atoms with Crippen molar-refractivity contribution in [3.05, 3.63) is 48.0 Å². The van der Waals surface area contributed by atoms with Crippen molar-refractivity contribution in [1.82, 2.24) is 14.5 Å². The molecule has 1 aliphatic heterocycles. The fourth-order valence-corrected chi connectivity index (χ4v) is 3.91. The van der Waals surface area contributed by atoms with Crippen LogP contribution in [0.5, 0.6) is 11.5 Å². The number of aromatic nitrogens is 3. The van der Waals surface area contributed by atoms with Gasteiger partial charge in [-0.25, -0.2) is 14.8 Å². The molecule has 0 spiro atoms. The first-order valence-corrected chi connectivity index (χ1v) is 10.8. The highest BCUT2D eigenvalue weighted by atomic mass is 16.7. The van der Waals surface area contributed by atoms with Crippen LogP contribution in [-0.2, 0) is 4.74 Å². The number of nitrogen functional groups attached to an aromatic ring is 1. The summed E-state index contributed by atoms with van der Waals surface area (Å²) in [6, 6.07) is 13.0. The minimum absolute atomic E-state index is 0.167. The average Bonchev–Trinajstić information content (AvgIpc) is 3.38. The second-order valence-corrected chi connectivity index (χ2v) is 7.71. The molecule has 0 aliphatic carbocycles. The number of anilines is 1. The van der Waals surface area contributed by atoms with Gasteiger partial charge in [-0.1, -0.05) is 38.3 Å². The normalized spacial score (nSPS) is 12.5. The Kier molecular flexibility index (Phi) is 5.26. The summed E-state index contributed by atoms with van der Waals surface area (Å²) in [6.07, 6.45) is 4.06. The van der Waals surface area contributed by atoms with Gasteiger partial charge in [0.15, 0.2) is 17.1 Å². The third kappa shape index (κ3) is 3.47. The summed E-state index contributed by atoms with van der Waals surface area (Å²) >= 11 is 0. The van der Waals surface area contributed by atoms with E-state index in [9.17, 15) is 4.79 Å². The number of hydrogen-bond donors (Lipinski definition) is 1. The predicted octanol–water partition coefficient (Wildman–Crippen LogP) is 4.62. The van der Waals surface area contributed by atoms with Gasteiger partial charge in [0.25, 0.3) is 0 Å². The van der Waals surface area contributed by atoms with E-state index in [-0.39, 0.29) is 18.2 Å². The Labute approximate surface area is 184 Å². The van der Waals surface area contributed by atoms with E-state index in [0.29, 0.717) is 46.0 Å². The molecule has 8 heteroatoms. The minimum atomic E-state index is -0.493. The van der Waals surface area contributed by atoms with E-state index in [4.69, 9.17) is 29.9 Å². The molecule has 4 aromatic rings. The average molecular weight is 432 g/mol. The van der Waals surface area contributed by atoms with Gasteiger partial charge in [-0.3, -0.25) is 4.57 Å². The van der Waals surface area contributed by atoms with E-state index in [0.717, 1.165) is 25.7 Å². The Bertz CT molecular complexity index is 1310. The van der Waals surface area contributed by atoms with E-state index >= 15 is 0 Å². The molecule has 0 atom stereocenters. The highest BCUT2D eigenvalue weighted by Gasteiger charge is 2.27. The Morgan fingerprint density at radius 3 is 2.66 bits per heavy atom. The van der Waals surface area contributed by atoms with Gasteiger partial charge in [0.05, 0.1) is 23.3 Å². The number of fused-ring (bicyclic) bond motifs is 3. The first-order valence-electron chi connectivity index (χ1n) is 10.8. The minimum Gasteiger partial charge on any atom is -0.462 e. The van der Waals surface area contributed by atoms with Crippen molar-refractivity contribution in [2.45, 2.75) is 32.6 Å². The molecule has 5 rings (SSSR count). The molecular weight excluding hydrogens is 408 g/mol. The van der Waals surface area contributed by atoms with Crippen LogP contribution in [0.4, 0.5) is 5.82 Å². The zero-order valence-corrected chi connectivity index (χ0v) is 17.8. The van der Waals surface area contributed by atoms with Crippen LogP contribution in [0.3, 0.4) is 0 Å². The van der Waals surface area contributed by atoms with E-state index in [2.05, 4.69) is 6.92 Å². The molecule has 2 aromatic carbocycles. The fourth-order valence-electron chi connectivity index (χ4n) is 3.91. The molecule has 0 saturated heterocycles. The third-order valence-electron chi connectivity index (χ3n) is 5.55. The summed E-state index contributed by atoms with van der Waals surface area (Å²) in [7, 11) is 0. The molecule has 2 aromatic heterocycles. The number of unbranched alkanes of at least 4 members (excludes halogenated alkanes) is 3. The van der Waals surface area contributed by atoms with Crippen LogP contribution in [0.1, 0.15) is 43.0 Å². The largest absolute Gasteiger partial charge is 0.462 e. The van der Waals surface area contributed by atoms with Gasteiger partial charge >= 0.3 is 5.97 Å². The summed E-state index contributed by atoms with van der Waals surface area (Å²) in [5, 5.41) is 0. The molecular formula is C24H24N4O4. The van der Waals surface area contributed by atoms with Crippen molar-refractivity contribution in [2.75, 3.05) is 19.1 Å². The Hall–Kier alpha value is -3.81. The van der Waals surface area contributed by atoms with Crippen molar-refractivity contribution in [1.29, 1.82) is 0 Å². The second-order valence-electron chi connectivity index (χ2n) is 7.71. The maximum atomic E-state index is 13.1. The van der Waals surface area contributed by atoms with Crippen LogP contribution in [0.25, 0.3) is 27.9 Å². The number of ether oxygens (including phenoxy) is 3. The molecule has 0 bridgehead atoms. The van der Waals surface area contributed by atoms with E-state index < -0.39 is 5.97 Å². The van der Waals surface area contributed by atoms with Crippen molar-refractivity contribution in [2.24, 2.45) is 0 Å². The molecule has 32 heavy (non-hydrogen) atoms. The molecule has 3 heterocycles. The Morgan fingerprint density at radius 1 is 1.06 bits per heavy atom. The number of rotatable bonds is 7. The molecule has 0 fully saturated rings. The van der Waals surface area contributed by atoms with Gasteiger partial charge in [-0.15, -0.1) is 0 Å². The zero-order chi connectivity index (χ0) is 22.1. The number of nitrogens with two attached hydrogens (primary N) is 1. The second kappa shape index (κ2) is 8.37. The Morgan fingerprint density at radius 2 is 1.84 bits per heavy atom. The third-order valence-corrected chi connectivity index (χ3v) is 5.55. The monoisotopic (exact) mass is 432 g/mol. The van der Waals surface area contributed by atoms with Crippen LogP contribution in [0, 0.1) is 0 Å². The molecule has 2 N–H and O–H groups in total. The summed E-state index contributed by atoms with van der Waals surface area (Å²) in [5.41, 5.74) is 9.73. The maximum absolute atomic E-state index is 13.1. The highest BCUT2D eigenvalue weighted by molar-refractivity contribution is 6.09. The highest BCUT2D eigenvalue weighted by Crippen LogP contribution is 2.37. The van der Waals surface area contributed by atoms with Gasteiger partial charge < -0.3 is 19.9 Å². The molecule has 0 unspecified atom stereocenters. The standard InChI is InChI=1S/C24H24N4O4/c1-2-3-4-7-12-30-24(29)20-21-23(27-17-9-6-5-8-16(17)26-21)28(22(20)25)15-10-11-18-19(13-15)32-14-31-18/h5-6,8-11,13H,2-4,7,12,14,25H2,1H3. The number of para-hydroxylation sites is 2. The SMILES string of the molecule is CCCCCCOC(=O)c1c(N)n(-c2ccc3c(c2)OCO3)c2nc3ccccc3nc12. The number of esters is 1. The lowest BCUT2D eigenvalue weighted by Crippen LogP contribution is -2.10. The smallest absolute Gasteiger partial charge is 0.344 e. The van der Waals surface area contributed by atoms with E-state index in [1.807, 2.05) is 42.5 Å². The summed E-state index contributed by atoms with van der Waals surface area (Å²) < 4.78 is 18.2. The molecule has 0 radical (unpaired) electrons. The van der Waals surface area contributed by atoms with Crippen LogP contribution in [-0.4, -0.2) is 33.9 Å². The number of hydrogen-bond acceptors (Lipinski definition) is 7. The lowest BCUT2D eigenvalue weighted by atomic mass is 10.2. The topological polar surface area (TPSA) is 101 Å². The number of nitrogens with zero attached hydrogens (tertiary/aromatic N) is 3. The van der Waals surface area contributed by atoms with Crippen LogP contribution in [0.2, 0.25) is 0 Å². The predicted molar refractivity (Wildman–Crippen MR) is 121 cm³/mol. The first kappa shape index (κ1) is 20.1. The van der Waals surface area contributed by atoms with E-state index in [1.165, 1.54) is 0 Å². The molecule has 0 amide bonds. The summed E-state index contributed by atoms with van der Waals surface area (Å²) in [5.74, 6) is 1.00. The number of carbonyl (C=O) groups is 1. The van der Waals surface area contributed by atoms with Crippen molar-refractivity contribution >= 4 is 34.0 Å². The van der Waals surface area contributed by atoms with Crippen LogP contribution < -0.4 is 15.2 Å². The zero-order valence-electron chi connectivity index (χ0n) is 17.8. The van der Waals surface area contributed by atoms with Gasteiger partial charge in [0, 0.05) is 6.07 Å². The first-order chi connectivity index (χ1) is 15.7. The lowest BCUT2D eigenvalue weighted by Gasteiger charge is -2.09. The quantitative estimate of drug-likeness (QED) is 0.336. The summed E-state index contributed by atoms with van der Waals surface area (Å²) in [6.45, 7) is 2.65. The van der Waals surface area contributed by atoms with Crippen LogP contribution >= 0.6 is 0 Å². The fraction of sp³-hybridized carbons (Fsp3) is 0.292. The molecule has 0 saturated carbocycles. The van der Waals surface area contributed by atoms with Crippen LogP contribution in [0.15, 0.2) is 42.5 Å². The van der Waals surface area contributed by atoms with Crippen molar-refractivity contribution in [3.63, 3.8) is 0 Å². The summed E-state index contributed by atoms with van der Waals surface area (Å²) in [4.78, 5) is 22.5. The van der Waals surface area contributed by atoms with Crippen molar-refractivity contribution in [3.8, 4) is 17.2 Å². The number of benzene rings is 2. The number of carbonyl (C=O) groups excluding carboxylic acids is 1. The molecule has 164 valence electrons. The van der Waals surface area contributed by atoms with Gasteiger partial charge in [-0.05, 0) is 30.7 Å². The molecule has 1 aliphatic rings. The van der Waals surface area contributed by atoms with E-state index in [1.54, 1.807) is 4.57 Å². The molecule has 8 nitrogen and oxygen atoms in total. The lowest BCUT2D eigenvalue weighted by molar-refractivity contribution is 0.0501. The Balaban J connectivity index is 1.62. The van der Waals surface area contributed by atoms with Gasteiger partial charge in [0.1, 0.15) is 16.9 Å². The van der Waals surface area contributed by atoms with Gasteiger partial charge in [-0.2, -0.15) is 0 Å². The van der Waals surface area contributed by atoms with Crippen molar-refractivity contribution < 1.29 is 19.0 Å².